The summed E-state index contributed by atoms with van der Waals surface area (Å²) in [5, 5.41) is 20.4. The molecule has 0 bridgehead atoms. The first-order chi connectivity index (χ1) is 9.96. The molecule has 3 heteroatoms. The molecular formula is C18H26O3. The summed E-state index contributed by atoms with van der Waals surface area (Å²) in [5.74, 6) is 1.35. The maximum Gasteiger partial charge on any atom is 0.161 e. The lowest BCUT2D eigenvalue weighted by atomic mass is 9.50. The average molecular weight is 290 g/mol. The number of phenols is 1. The number of ether oxygens (including phenoxy) is 1. The summed E-state index contributed by atoms with van der Waals surface area (Å²) in [6, 6.07) is 4.01. The van der Waals surface area contributed by atoms with Gasteiger partial charge < -0.3 is 14.9 Å². The molecule has 0 radical (unpaired) electrons. The highest BCUT2D eigenvalue weighted by atomic mass is 16.5. The van der Waals surface area contributed by atoms with Gasteiger partial charge in [0.2, 0.25) is 0 Å². The normalized spacial score (nSPS) is 35.0. The Balaban J connectivity index is 2.12. The summed E-state index contributed by atoms with van der Waals surface area (Å²) in [7, 11) is 1.60. The van der Waals surface area contributed by atoms with Gasteiger partial charge in [-0.2, -0.15) is 0 Å². The first-order valence-corrected chi connectivity index (χ1v) is 7.96. The molecule has 0 unspecified atom stereocenters. The summed E-state index contributed by atoms with van der Waals surface area (Å²) in [4.78, 5) is 0. The van der Waals surface area contributed by atoms with Crippen molar-refractivity contribution in [3.63, 3.8) is 0 Å². The van der Waals surface area contributed by atoms with E-state index in [0.717, 1.165) is 37.7 Å². The van der Waals surface area contributed by atoms with Gasteiger partial charge in [0.05, 0.1) is 7.11 Å². The molecule has 0 amide bonds. The SMILES string of the molecule is COc1ccc2c(c1O)CC[C@H]1[C@](C)(CO)CCC[C@]21C. The molecule has 3 nitrogen and oxygen atoms in total. The molecule has 2 aliphatic rings. The first kappa shape index (κ1) is 14.7. The molecule has 0 spiro atoms. The number of methoxy groups -OCH3 is 1. The van der Waals surface area contributed by atoms with Crippen LogP contribution in [0, 0.1) is 11.3 Å². The minimum absolute atomic E-state index is 0.000235. The van der Waals surface area contributed by atoms with E-state index >= 15 is 0 Å². The van der Waals surface area contributed by atoms with Crippen molar-refractivity contribution in [1.82, 2.24) is 0 Å². The molecule has 0 aliphatic heterocycles. The van der Waals surface area contributed by atoms with Gasteiger partial charge in [0, 0.05) is 12.2 Å². The molecule has 21 heavy (non-hydrogen) atoms. The Bertz CT molecular complexity index is 554. The Labute approximate surface area is 127 Å². The van der Waals surface area contributed by atoms with Crippen molar-refractivity contribution < 1.29 is 14.9 Å². The van der Waals surface area contributed by atoms with Gasteiger partial charge in [0.25, 0.3) is 0 Å². The van der Waals surface area contributed by atoms with E-state index in [0.29, 0.717) is 17.4 Å². The van der Waals surface area contributed by atoms with Crippen LogP contribution < -0.4 is 4.74 Å². The van der Waals surface area contributed by atoms with E-state index in [9.17, 15) is 10.2 Å². The molecule has 116 valence electrons. The van der Waals surface area contributed by atoms with Crippen LogP contribution in [0.5, 0.6) is 11.5 Å². The molecule has 0 heterocycles. The number of hydrogen-bond acceptors (Lipinski definition) is 3. The number of rotatable bonds is 2. The highest BCUT2D eigenvalue weighted by molar-refractivity contribution is 5.54. The van der Waals surface area contributed by atoms with Gasteiger partial charge in [0.1, 0.15) is 0 Å². The standard InChI is InChI=1S/C18H26O3/c1-17(11-19)9-4-10-18(2)13-6-7-14(21-3)16(20)12(13)5-8-15(17)18/h6-7,15,19-20H,4-5,8-11H2,1-3H3/t15-,17-,18+/m0/s1. The fraction of sp³-hybridized carbons (Fsp3) is 0.667. The molecular weight excluding hydrogens is 264 g/mol. The Morgan fingerprint density at radius 2 is 2.05 bits per heavy atom. The largest absolute Gasteiger partial charge is 0.504 e. The van der Waals surface area contributed by atoms with Gasteiger partial charge >= 0.3 is 0 Å². The summed E-state index contributed by atoms with van der Waals surface area (Å²) < 4.78 is 5.25. The van der Waals surface area contributed by atoms with Crippen LogP contribution in [0.25, 0.3) is 0 Å². The Kier molecular flexibility index (Phi) is 3.44. The van der Waals surface area contributed by atoms with Gasteiger partial charge in [-0.3, -0.25) is 0 Å². The van der Waals surface area contributed by atoms with E-state index < -0.39 is 0 Å². The van der Waals surface area contributed by atoms with E-state index in [-0.39, 0.29) is 17.4 Å². The Morgan fingerprint density at radius 1 is 1.29 bits per heavy atom. The van der Waals surface area contributed by atoms with Crippen molar-refractivity contribution in [3.8, 4) is 11.5 Å². The highest BCUT2D eigenvalue weighted by Gasteiger charge is 2.51. The van der Waals surface area contributed by atoms with Crippen molar-refractivity contribution in [3.05, 3.63) is 23.3 Å². The Hall–Kier alpha value is -1.22. The van der Waals surface area contributed by atoms with Crippen LogP contribution in [0.15, 0.2) is 12.1 Å². The molecule has 2 aliphatic carbocycles. The lowest BCUT2D eigenvalue weighted by Crippen LogP contribution is -2.50. The lowest BCUT2D eigenvalue weighted by molar-refractivity contribution is -0.0181. The van der Waals surface area contributed by atoms with Crippen LogP contribution in [-0.4, -0.2) is 23.9 Å². The van der Waals surface area contributed by atoms with E-state index in [1.165, 1.54) is 5.56 Å². The van der Waals surface area contributed by atoms with E-state index in [1.807, 2.05) is 6.07 Å². The molecule has 1 fully saturated rings. The second-order valence-electron chi connectivity index (χ2n) is 7.32. The van der Waals surface area contributed by atoms with E-state index in [2.05, 4.69) is 19.9 Å². The van der Waals surface area contributed by atoms with Crippen LogP contribution in [0.2, 0.25) is 0 Å². The Morgan fingerprint density at radius 3 is 2.71 bits per heavy atom. The fourth-order valence-electron chi connectivity index (χ4n) is 5.01. The van der Waals surface area contributed by atoms with Gasteiger partial charge in [-0.1, -0.05) is 26.3 Å². The average Bonchev–Trinajstić information content (AvgIpc) is 2.48. The summed E-state index contributed by atoms with van der Waals surface area (Å²) in [6.07, 6.45) is 5.26. The maximum atomic E-state index is 10.5. The topological polar surface area (TPSA) is 49.7 Å². The first-order valence-electron chi connectivity index (χ1n) is 7.96. The van der Waals surface area contributed by atoms with Crippen molar-refractivity contribution in [2.45, 2.75) is 51.4 Å². The molecule has 3 rings (SSSR count). The van der Waals surface area contributed by atoms with Gasteiger partial charge in [-0.15, -0.1) is 0 Å². The third-order valence-corrected chi connectivity index (χ3v) is 6.18. The molecule has 1 aromatic carbocycles. The summed E-state index contributed by atoms with van der Waals surface area (Å²) >= 11 is 0. The second-order valence-corrected chi connectivity index (χ2v) is 7.32. The van der Waals surface area contributed by atoms with Crippen molar-refractivity contribution in [2.75, 3.05) is 13.7 Å². The van der Waals surface area contributed by atoms with Crippen LogP contribution >= 0.6 is 0 Å². The number of benzene rings is 1. The zero-order valence-electron chi connectivity index (χ0n) is 13.3. The number of phenolic OH excluding ortho intramolecular Hbond substituents is 1. The fourth-order valence-corrected chi connectivity index (χ4v) is 5.01. The third-order valence-electron chi connectivity index (χ3n) is 6.18. The van der Waals surface area contributed by atoms with Crippen LogP contribution in [-0.2, 0) is 11.8 Å². The second kappa shape index (κ2) is 4.91. The van der Waals surface area contributed by atoms with E-state index in [1.54, 1.807) is 7.11 Å². The summed E-state index contributed by atoms with van der Waals surface area (Å²) in [5.41, 5.74) is 2.36. The minimum Gasteiger partial charge on any atom is -0.504 e. The number of aliphatic hydroxyl groups excluding tert-OH is 1. The molecule has 0 saturated heterocycles. The number of aliphatic hydroxyl groups is 1. The predicted molar refractivity (Wildman–Crippen MR) is 82.9 cm³/mol. The van der Waals surface area contributed by atoms with Gasteiger partial charge in [-0.05, 0) is 54.1 Å². The minimum atomic E-state index is 0.000235. The number of aromatic hydroxyl groups is 1. The quantitative estimate of drug-likeness (QED) is 0.877. The van der Waals surface area contributed by atoms with Crippen LogP contribution in [0.1, 0.15) is 50.7 Å². The van der Waals surface area contributed by atoms with Crippen molar-refractivity contribution >= 4 is 0 Å². The smallest absolute Gasteiger partial charge is 0.161 e. The lowest BCUT2D eigenvalue weighted by Gasteiger charge is -2.55. The molecule has 3 atom stereocenters. The third kappa shape index (κ3) is 1.97. The zero-order chi connectivity index (χ0) is 15.3. The molecule has 2 N–H and O–H groups in total. The highest BCUT2D eigenvalue weighted by Crippen LogP contribution is 2.58. The molecule has 1 aromatic rings. The molecule has 0 aromatic heterocycles. The predicted octanol–water partition coefficient (Wildman–Crippen LogP) is 3.40. The van der Waals surface area contributed by atoms with Crippen LogP contribution in [0.4, 0.5) is 0 Å². The molecule has 1 saturated carbocycles. The maximum absolute atomic E-state index is 10.5. The van der Waals surface area contributed by atoms with Crippen molar-refractivity contribution in [2.24, 2.45) is 11.3 Å². The monoisotopic (exact) mass is 290 g/mol. The zero-order valence-corrected chi connectivity index (χ0v) is 13.3. The number of hydrogen-bond donors (Lipinski definition) is 2. The van der Waals surface area contributed by atoms with E-state index in [4.69, 9.17) is 4.74 Å². The number of fused-ring (bicyclic) bond motifs is 3. The van der Waals surface area contributed by atoms with Gasteiger partial charge in [0.15, 0.2) is 11.5 Å². The van der Waals surface area contributed by atoms with Crippen molar-refractivity contribution in [1.29, 1.82) is 0 Å². The summed E-state index contributed by atoms with van der Waals surface area (Å²) in [6.45, 7) is 4.79. The van der Waals surface area contributed by atoms with Crippen LogP contribution in [0.3, 0.4) is 0 Å². The van der Waals surface area contributed by atoms with Gasteiger partial charge in [-0.25, -0.2) is 0 Å².